The zero-order chi connectivity index (χ0) is 20.9. The van der Waals surface area contributed by atoms with Crippen molar-refractivity contribution in [3.8, 4) is 0 Å². The molecule has 0 saturated carbocycles. The predicted octanol–water partition coefficient (Wildman–Crippen LogP) is 5.98. The number of aryl methyl sites for hydroxylation is 2. The molecule has 0 bridgehead atoms. The summed E-state index contributed by atoms with van der Waals surface area (Å²) < 4.78 is 0. The van der Waals surface area contributed by atoms with Crippen LogP contribution in [0.5, 0.6) is 0 Å². The highest BCUT2D eigenvalue weighted by atomic mass is 35.5. The van der Waals surface area contributed by atoms with E-state index in [1.54, 1.807) is 12.1 Å². The van der Waals surface area contributed by atoms with Gasteiger partial charge in [-0.2, -0.15) is 0 Å². The van der Waals surface area contributed by atoms with Crippen molar-refractivity contribution in [2.24, 2.45) is 0 Å². The number of anilines is 1. The third-order valence-electron chi connectivity index (χ3n) is 5.04. The SMILES string of the molecule is O=C(O)c1ccccc1CNc1cccc(CCc2ccc3ccc(Cl)cc3n2)c1. The number of carboxylic acids is 1. The molecule has 5 heteroatoms. The Bertz CT molecular complexity index is 1210. The maximum Gasteiger partial charge on any atom is 0.336 e. The molecule has 0 fully saturated rings. The van der Waals surface area contributed by atoms with Crippen molar-refractivity contribution in [3.63, 3.8) is 0 Å². The van der Waals surface area contributed by atoms with E-state index in [4.69, 9.17) is 16.6 Å². The van der Waals surface area contributed by atoms with Crippen LogP contribution in [0.3, 0.4) is 0 Å². The Hall–Kier alpha value is -3.37. The van der Waals surface area contributed by atoms with E-state index in [1.807, 2.05) is 42.5 Å². The Labute approximate surface area is 180 Å². The molecule has 0 aliphatic carbocycles. The zero-order valence-electron chi connectivity index (χ0n) is 16.3. The van der Waals surface area contributed by atoms with Crippen molar-refractivity contribution >= 4 is 34.2 Å². The van der Waals surface area contributed by atoms with Crippen molar-refractivity contribution in [1.29, 1.82) is 0 Å². The molecule has 1 aromatic heterocycles. The number of aromatic carboxylic acids is 1. The highest BCUT2D eigenvalue weighted by Gasteiger charge is 2.08. The normalized spacial score (nSPS) is 10.8. The van der Waals surface area contributed by atoms with Gasteiger partial charge in [-0.05, 0) is 60.4 Å². The minimum Gasteiger partial charge on any atom is -0.478 e. The molecular formula is C25H21ClN2O2. The topological polar surface area (TPSA) is 62.2 Å². The first-order chi connectivity index (χ1) is 14.6. The standard InChI is InChI=1S/C25H21ClN2O2/c26-20-11-9-18-10-13-21(28-24(18)15-20)12-8-17-4-3-6-22(14-17)27-16-19-5-1-2-7-23(19)25(29)30/h1-7,9-11,13-15,27H,8,12,16H2,(H,29,30). The van der Waals surface area contributed by atoms with E-state index in [0.717, 1.165) is 40.7 Å². The lowest BCUT2D eigenvalue weighted by molar-refractivity contribution is 0.0696. The van der Waals surface area contributed by atoms with Gasteiger partial charge in [0.2, 0.25) is 0 Å². The van der Waals surface area contributed by atoms with Gasteiger partial charge in [-0.25, -0.2) is 4.79 Å². The van der Waals surface area contributed by atoms with Crippen LogP contribution in [0.2, 0.25) is 5.02 Å². The largest absolute Gasteiger partial charge is 0.478 e. The van der Waals surface area contributed by atoms with Gasteiger partial charge in [0.1, 0.15) is 0 Å². The van der Waals surface area contributed by atoms with Crippen LogP contribution in [0.15, 0.2) is 78.9 Å². The van der Waals surface area contributed by atoms with Crippen LogP contribution in [-0.4, -0.2) is 16.1 Å². The summed E-state index contributed by atoms with van der Waals surface area (Å²) in [6, 6.07) is 25.1. The van der Waals surface area contributed by atoms with E-state index in [0.29, 0.717) is 17.1 Å². The summed E-state index contributed by atoms with van der Waals surface area (Å²) in [4.78, 5) is 16.1. The van der Waals surface area contributed by atoms with Gasteiger partial charge in [-0.15, -0.1) is 0 Å². The van der Waals surface area contributed by atoms with Crippen LogP contribution in [-0.2, 0) is 19.4 Å². The van der Waals surface area contributed by atoms with Crippen molar-refractivity contribution in [2.45, 2.75) is 19.4 Å². The molecule has 0 atom stereocenters. The summed E-state index contributed by atoms with van der Waals surface area (Å²) in [6.45, 7) is 0.457. The first kappa shape index (κ1) is 19.9. The average molecular weight is 417 g/mol. The summed E-state index contributed by atoms with van der Waals surface area (Å²) in [5, 5.41) is 14.4. The highest BCUT2D eigenvalue weighted by Crippen LogP contribution is 2.20. The molecule has 0 aliphatic heterocycles. The minimum absolute atomic E-state index is 0.323. The second kappa shape index (κ2) is 8.97. The molecule has 150 valence electrons. The van der Waals surface area contributed by atoms with Gasteiger partial charge in [-0.3, -0.25) is 4.98 Å². The number of rotatable bonds is 7. The van der Waals surface area contributed by atoms with Gasteiger partial charge < -0.3 is 10.4 Å². The fourth-order valence-electron chi connectivity index (χ4n) is 3.46. The number of pyridine rings is 1. The van der Waals surface area contributed by atoms with Gasteiger partial charge in [0.25, 0.3) is 0 Å². The van der Waals surface area contributed by atoms with Crippen LogP contribution in [0.4, 0.5) is 5.69 Å². The van der Waals surface area contributed by atoms with Crippen molar-refractivity contribution < 1.29 is 9.90 Å². The summed E-state index contributed by atoms with van der Waals surface area (Å²) in [5.41, 5.74) is 5.18. The van der Waals surface area contributed by atoms with Crippen LogP contribution in [0, 0.1) is 0 Å². The van der Waals surface area contributed by atoms with Gasteiger partial charge in [-0.1, -0.05) is 54.1 Å². The third kappa shape index (κ3) is 4.78. The lowest BCUT2D eigenvalue weighted by atomic mass is 10.1. The molecule has 0 aliphatic rings. The number of nitrogens with zero attached hydrogens (tertiary/aromatic N) is 1. The van der Waals surface area contributed by atoms with Crippen LogP contribution in [0.1, 0.15) is 27.2 Å². The van der Waals surface area contributed by atoms with E-state index in [2.05, 4.69) is 29.6 Å². The maximum atomic E-state index is 11.4. The van der Waals surface area contributed by atoms with Gasteiger partial charge in [0.05, 0.1) is 11.1 Å². The van der Waals surface area contributed by atoms with Crippen LogP contribution in [0.25, 0.3) is 10.9 Å². The summed E-state index contributed by atoms with van der Waals surface area (Å²) in [6.07, 6.45) is 1.69. The van der Waals surface area contributed by atoms with E-state index in [1.165, 1.54) is 5.56 Å². The molecule has 0 spiro atoms. The lowest BCUT2D eigenvalue weighted by Crippen LogP contribution is -2.07. The van der Waals surface area contributed by atoms with E-state index in [9.17, 15) is 9.90 Å². The first-order valence-electron chi connectivity index (χ1n) is 9.78. The number of hydrogen-bond acceptors (Lipinski definition) is 3. The Morgan fingerprint density at radius 2 is 1.77 bits per heavy atom. The van der Waals surface area contributed by atoms with Crippen molar-refractivity contribution in [2.75, 3.05) is 5.32 Å². The molecule has 0 radical (unpaired) electrons. The first-order valence-corrected chi connectivity index (χ1v) is 10.2. The van der Waals surface area contributed by atoms with Crippen molar-refractivity contribution in [1.82, 2.24) is 4.98 Å². The Kier molecular flexibility index (Phi) is 5.96. The van der Waals surface area contributed by atoms with Gasteiger partial charge in [0, 0.05) is 28.3 Å². The number of carbonyl (C=O) groups is 1. The molecule has 0 unspecified atom stereocenters. The third-order valence-corrected chi connectivity index (χ3v) is 5.27. The number of hydrogen-bond donors (Lipinski definition) is 2. The number of halogens is 1. The molecule has 0 amide bonds. The molecule has 0 saturated heterocycles. The molecule has 30 heavy (non-hydrogen) atoms. The fourth-order valence-corrected chi connectivity index (χ4v) is 3.63. The lowest BCUT2D eigenvalue weighted by Gasteiger charge is -2.11. The Morgan fingerprint density at radius 3 is 2.63 bits per heavy atom. The predicted molar refractivity (Wildman–Crippen MR) is 121 cm³/mol. The number of nitrogens with one attached hydrogen (secondary N) is 1. The smallest absolute Gasteiger partial charge is 0.336 e. The van der Waals surface area contributed by atoms with Crippen LogP contribution < -0.4 is 5.32 Å². The summed E-state index contributed by atoms with van der Waals surface area (Å²) in [7, 11) is 0. The van der Waals surface area contributed by atoms with Gasteiger partial charge in [0.15, 0.2) is 0 Å². The number of aromatic nitrogens is 1. The molecule has 4 rings (SSSR count). The highest BCUT2D eigenvalue weighted by molar-refractivity contribution is 6.31. The molecule has 1 heterocycles. The van der Waals surface area contributed by atoms with Crippen LogP contribution >= 0.6 is 11.6 Å². The summed E-state index contributed by atoms with van der Waals surface area (Å²) >= 11 is 6.08. The number of carboxylic acid groups (broad SMARTS) is 1. The quantitative estimate of drug-likeness (QED) is 0.388. The molecule has 4 aromatic rings. The summed E-state index contributed by atoms with van der Waals surface area (Å²) in [5.74, 6) is -0.912. The van der Waals surface area contributed by atoms with Crippen molar-refractivity contribution in [3.05, 3.63) is 106 Å². The molecule has 3 aromatic carbocycles. The van der Waals surface area contributed by atoms with E-state index in [-0.39, 0.29) is 0 Å². The molecule has 4 nitrogen and oxygen atoms in total. The maximum absolute atomic E-state index is 11.4. The number of benzene rings is 3. The molecule has 2 N–H and O–H groups in total. The average Bonchev–Trinajstić information content (AvgIpc) is 2.76. The van der Waals surface area contributed by atoms with E-state index >= 15 is 0 Å². The monoisotopic (exact) mass is 416 g/mol. The minimum atomic E-state index is -0.912. The number of fused-ring (bicyclic) bond motifs is 1. The second-order valence-corrected chi connectivity index (χ2v) is 7.59. The Balaban J connectivity index is 1.42. The zero-order valence-corrected chi connectivity index (χ0v) is 17.1. The fraction of sp³-hybridized carbons (Fsp3) is 0.120. The Morgan fingerprint density at radius 1 is 0.933 bits per heavy atom. The van der Waals surface area contributed by atoms with E-state index < -0.39 is 5.97 Å². The molecular weight excluding hydrogens is 396 g/mol. The second-order valence-electron chi connectivity index (χ2n) is 7.16. The van der Waals surface area contributed by atoms with Gasteiger partial charge >= 0.3 is 5.97 Å².